The molecule has 1 aliphatic heterocycles. The van der Waals surface area contributed by atoms with Gasteiger partial charge < -0.3 is 9.84 Å². The number of halogens is 3. The van der Waals surface area contributed by atoms with Gasteiger partial charge in [-0.05, 0) is 73.8 Å². The second-order valence-corrected chi connectivity index (χ2v) is 9.87. The van der Waals surface area contributed by atoms with E-state index in [9.17, 15) is 23.1 Å². The van der Waals surface area contributed by atoms with E-state index in [1.165, 1.54) is 6.07 Å². The number of nitrogens with zero attached hydrogens (tertiary/aromatic N) is 1. The summed E-state index contributed by atoms with van der Waals surface area (Å²) in [6, 6.07) is 8.77. The fourth-order valence-corrected chi connectivity index (χ4v) is 6.36. The van der Waals surface area contributed by atoms with E-state index in [1.807, 2.05) is 13.0 Å². The van der Waals surface area contributed by atoms with E-state index in [4.69, 9.17) is 4.74 Å². The number of hydrogen-bond acceptors (Lipinski definition) is 4. The van der Waals surface area contributed by atoms with Crippen LogP contribution < -0.4 is 0 Å². The van der Waals surface area contributed by atoms with Crippen molar-refractivity contribution in [3.05, 3.63) is 59.9 Å². The molecule has 2 aromatic rings. The minimum absolute atomic E-state index is 0.0830. The Hall–Kier alpha value is -2.67. The van der Waals surface area contributed by atoms with Gasteiger partial charge in [0.1, 0.15) is 6.10 Å². The molecule has 2 heterocycles. The number of ether oxygens (including phenoxy) is 1. The second kappa shape index (κ2) is 8.84. The Labute approximate surface area is 196 Å². The van der Waals surface area contributed by atoms with Crippen LogP contribution in [0.4, 0.5) is 13.2 Å². The number of allylic oxidation sites excluding steroid dienone is 1. The maximum atomic E-state index is 13.0. The highest BCUT2D eigenvalue weighted by molar-refractivity contribution is 5.75. The van der Waals surface area contributed by atoms with Crippen molar-refractivity contribution in [2.24, 2.45) is 29.6 Å². The lowest BCUT2D eigenvalue weighted by Crippen LogP contribution is -2.47. The molecular formula is C27H28F3NO3. The predicted octanol–water partition coefficient (Wildman–Crippen LogP) is 5.76. The molecular weight excluding hydrogens is 443 g/mol. The van der Waals surface area contributed by atoms with E-state index in [-0.39, 0.29) is 41.8 Å². The highest BCUT2D eigenvalue weighted by atomic mass is 19.4. The van der Waals surface area contributed by atoms with Gasteiger partial charge in [0.15, 0.2) is 0 Å². The maximum Gasteiger partial charge on any atom is 0.416 e. The van der Waals surface area contributed by atoms with Crippen LogP contribution >= 0.6 is 0 Å². The largest absolute Gasteiger partial charge is 0.462 e. The molecule has 0 radical (unpaired) electrons. The third-order valence-electron chi connectivity index (χ3n) is 7.96. The highest BCUT2D eigenvalue weighted by Crippen LogP contribution is 2.53. The van der Waals surface area contributed by atoms with Gasteiger partial charge in [0.25, 0.3) is 0 Å². The zero-order valence-electron chi connectivity index (χ0n) is 18.9. The molecule has 3 fully saturated rings. The van der Waals surface area contributed by atoms with Gasteiger partial charge in [-0.1, -0.05) is 30.7 Å². The topological polar surface area (TPSA) is 59.4 Å². The van der Waals surface area contributed by atoms with Gasteiger partial charge in [0, 0.05) is 17.7 Å². The molecule has 1 N–H and O–H groups in total. The number of rotatable bonds is 3. The van der Waals surface area contributed by atoms with E-state index in [1.54, 1.807) is 24.4 Å². The first-order valence-electron chi connectivity index (χ1n) is 11.9. The van der Waals surface area contributed by atoms with Crippen LogP contribution in [0, 0.1) is 29.6 Å². The summed E-state index contributed by atoms with van der Waals surface area (Å²) in [5, 5.41) is 10.6. The van der Waals surface area contributed by atoms with Crippen molar-refractivity contribution in [3.63, 3.8) is 0 Å². The van der Waals surface area contributed by atoms with Gasteiger partial charge in [0.05, 0.1) is 23.3 Å². The Morgan fingerprint density at radius 2 is 1.94 bits per heavy atom. The Bertz CT molecular complexity index is 1080. The fraction of sp³-hybridized carbons (Fsp3) is 0.481. The SMILES string of the molecule is C[C@H]1OC(=O)[C@@H]2C[C@H]3[C@H](CCC[C@H]3O)[C@H](/C=C/c3ccc(-c4cccc(C(F)(F)F)c4)cn3)[C@H]12. The molecule has 0 spiro atoms. The van der Waals surface area contributed by atoms with E-state index in [2.05, 4.69) is 11.1 Å². The third kappa shape index (κ3) is 4.26. The van der Waals surface area contributed by atoms with Crippen molar-refractivity contribution in [1.29, 1.82) is 0 Å². The van der Waals surface area contributed by atoms with E-state index in [0.717, 1.165) is 31.4 Å². The van der Waals surface area contributed by atoms with Crippen molar-refractivity contribution >= 4 is 12.0 Å². The van der Waals surface area contributed by atoms with Crippen molar-refractivity contribution < 1.29 is 27.8 Å². The van der Waals surface area contributed by atoms with Gasteiger partial charge >= 0.3 is 12.1 Å². The highest BCUT2D eigenvalue weighted by Gasteiger charge is 2.55. The lowest BCUT2D eigenvalue weighted by molar-refractivity contribution is -0.145. The number of carbonyl (C=O) groups is 1. The van der Waals surface area contributed by atoms with E-state index < -0.39 is 11.7 Å². The quantitative estimate of drug-likeness (QED) is 0.579. The number of aliphatic hydroxyl groups is 1. The van der Waals surface area contributed by atoms with Crippen molar-refractivity contribution in [2.45, 2.75) is 51.0 Å². The van der Waals surface area contributed by atoms with Crippen molar-refractivity contribution in [1.82, 2.24) is 4.98 Å². The van der Waals surface area contributed by atoms with Crippen LogP contribution in [0.3, 0.4) is 0 Å². The Kier molecular flexibility index (Phi) is 6.00. The molecule has 7 atom stereocenters. The molecule has 1 saturated heterocycles. The summed E-state index contributed by atoms with van der Waals surface area (Å²) in [5.74, 6) is 0.233. The first-order valence-corrected chi connectivity index (χ1v) is 11.9. The van der Waals surface area contributed by atoms with Crippen molar-refractivity contribution in [2.75, 3.05) is 0 Å². The molecule has 5 rings (SSSR count). The molecule has 0 bridgehead atoms. The average Bonchev–Trinajstić information content (AvgIpc) is 3.10. The van der Waals surface area contributed by atoms with E-state index in [0.29, 0.717) is 29.2 Å². The molecule has 1 aromatic carbocycles. The van der Waals surface area contributed by atoms with Crippen LogP contribution in [0.5, 0.6) is 0 Å². The van der Waals surface area contributed by atoms with Crippen LogP contribution in [0.1, 0.15) is 43.9 Å². The number of aromatic nitrogens is 1. The Balaban J connectivity index is 1.39. The molecule has 2 saturated carbocycles. The number of esters is 1. The maximum absolute atomic E-state index is 13.0. The molecule has 4 nitrogen and oxygen atoms in total. The van der Waals surface area contributed by atoms with Crippen LogP contribution in [-0.4, -0.2) is 28.3 Å². The lowest BCUT2D eigenvalue weighted by Gasteiger charge is -2.47. The lowest BCUT2D eigenvalue weighted by atomic mass is 9.56. The first kappa shape index (κ1) is 23.1. The average molecular weight is 472 g/mol. The summed E-state index contributed by atoms with van der Waals surface area (Å²) in [7, 11) is 0. The smallest absolute Gasteiger partial charge is 0.416 e. The standard InChI is InChI=1S/C27H28F3NO3/c1-15-25-21(20-6-3-7-24(32)22(20)13-23(25)26(33)34-15)11-10-19-9-8-17(14-31-19)16-4-2-5-18(12-16)27(28,29)30/h2,4-5,8-12,14-15,20-25,32H,3,6-7,13H2,1H3/b11-10+/t15-,20-,21+,22+,23-,24-,25+/m1/s1. The third-order valence-corrected chi connectivity index (χ3v) is 7.96. The summed E-state index contributed by atoms with van der Waals surface area (Å²) in [6.45, 7) is 1.95. The fourth-order valence-electron chi connectivity index (χ4n) is 6.36. The number of alkyl halides is 3. The van der Waals surface area contributed by atoms with Crippen LogP contribution in [0.25, 0.3) is 17.2 Å². The predicted molar refractivity (Wildman–Crippen MR) is 121 cm³/mol. The van der Waals surface area contributed by atoms with E-state index >= 15 is 0 Å². The van der Waals surface area contributed by atoms with Gasteiger partial charge in [-0.15, -0.1) is 0 Å². The summed E-state index contributed by atoms with van der Waals surface area (Å²) >= 11 is 0. The Morgan fingerprint density at radius 1 is 1.12 bits per heavy atom. The number of fused-ring (bicyclic) bond motifs is 2. The number of cyclic esters (lactones) is 1. The number of carbonyl (C=O) groups excluding carboxylic acids is 1. The normalized spacial score (nSPS) is 33.4. The molecule has 0 unspecified atom stereocenters. The van der Waals surface area contributed by atoms with Gasteiger partial charge in [-0.2, -0.15) is 13.2 Å². The monoisotopic (exact) mass is 471 g/mol. The summed E-state index contributed by atoms with van der Waals surface area (Å²) in [6.07, 6.45) is 4.13. The number of benzene rings is 1. The second-order valence-electron chi connectivity index (χ2n) is 9.87. The molecule has 34 heavy (non-hydrogen) atoms. The molecule has 7 heteroatoms. The van der Waals surface area contributed by atoms with Gasteiger partial charge in [0.2, 0.25) is 0 Å². The molecule has 1 aromatic heterocycles. The van der Waals surface area contributed by atoms with Gasteiger partial charge in [-0.3, -0.25) is 9.78 Å². The molecule has 3 aliphatic rings. The molecule has 180 valence electrons. The van der Waals surface area contributed by atoms with Gasteiger partial charge in [-0.25, -0.2) is 0 Å². The summed E-state index contributed by atoms with van der Waals surface area (Å²) in [4.78, 5) is 16.9. The Morgan fingerprint density at radius 3 is 2.68 bits per heavy atom. The van der Waals surface area contributed by atoms with Crippen LogP contribution in [-0.2, 0) is 15.7 Å². The zero-order chi connectivity index (χ0) is 24.0. The van der Waals surface area contributed by atoms with Crippen LogP contribution in [0.2, 0.25) is 0 Å². The molecule has 0 amide bonds. The number of pyridine rings is 1. The number of aliphatic hydroxyl groups excluding tert-OH is 1. The summed E-state index contributed by atoms with van der Waals surface area (Å²) in [5.41, 5.74) is 1.08. The molecule has 2 aliphatic carbocycles. The summed E-state index contributed by atoms with van der Waals surface area (Å²) < 4.78 is 44.7. The number of hydrogen-bond donors (Lipinski definition) is 1. The van der Waals surface area contributed by atoms with Crippen LogP contribution in [0.15, 0.2) is 48.7 Å². The van der Waals surface area contributed by atoms with Crippen molar-refractivity contribution in [3.8, 4) is 11.1 Å². The minimum Gasteiger partial charge on any atom is -0.462 e. The zero-order valence-corrected chi connectivity index (χ0v) is 18.9. The minimum atomic E-state index is -4.39. The first-order chi connectivity index (χ1) is 16.2.